The molecule has 3 aliphatic rings. The number of rotatable bonds is 4. The quantitative estimate of drug-likeness (QED) is 0.682. The number of carboxylic acid groups (broad SMARTS) is 1. The number of piperidine rings is 1. The minimum absolute atomic E-state index is 0.0459. The van der Waals surface area contributed by atoms with Gasteiger partial charge < -0.3 is 24.2 Å². The minimum atomic E-state index is -1.09. The number of ether oxygens (including phenoxy) is 3. The van der Waals surface area contributed by atoms with Gasteiger partial charge in [-0.05, 0) is 57.0 Å². The normalized spacial score (nSPS) is 27.0. The van der Waals surface area contributed by atoms with E-state index in [-0.39, 0.29) is 35.7 Å². The first-order valence-electron chi connectivity index (χ1n) is 11.6. The van der Waals surface area contributed by atoms with Gasteiger partial charge in [0.15, 0.2) is 6.61 Å². The van der Waals surface area contributed by atoms with Gasteiger partial charge in [0.1, 0.15) is 17.1 Å². The van der Waals surface area contributed by atoms with Crippen LogP contribution in [-0.4, -0.2) is 53.3 Å². The number of para-hydroxylation sites is 1. The lowest BCUT2D eigenvalue weighted by Crippen LogP contribution is -2.56. The van der Waals surface area contributed by atoms with Gasteiger partial charge in [0.2, 0.25) is 0 Å². The second-order valence-electron chi connectivity index (χ2n) is 9.80. The number of amides is 1. The van der Waals surface area contributed by atoms with E-state index in [4.69, 9.17) is 30.9 Å². The van der Waals surface area contributed by atoms with Gasteiger partial charge in [-0.15, -0.1) is 0 Å². The van der Waals surface area contributed by atoms with E-state index >= 15 is 0 Å². The number of nitrogens with zero attached hydrogens (tertiary/aromatic N) is 1. The molecule has 2 saturated heterocycles. The lowest BCUT2D eigenvalue weighted by atomic mass is 9.70. The van der Waals surface area contributed by atoms with Gasteiger partial charge in [-0.2, -0.15) is 0 Å². The van der Waals surface area contributed by atoms with Crippen molar-refractivity contribution in [2.24, 2.45) is 11.8 Å². The van der Waals surface area contributed by atoms with Gasteiger partial charge in [0.05, 0.1) is 17.8 Å². The van der Waals surface area contributed by atoms with Crippen molar-refractivity contribution in [1.29, 1.82) is 0 Å². The molecule has 5 rings (SSSR count). The lowest BCUT2D eigenvalue weighted by Gasteiger charge is -2.53. The molecule has 8 heteroatoms. The molecule has 0 spiro atoms. The van der Waals surface area contributed by atoms with Gasteiger partial charge >= 0.3 is 5.97 Å². The third-order valence-electron chi connectivity index (χ3n) is 7.21. The summed E-state index contributed by atoms with van der Waals surface area (Å²) in [5.41, 5.74) is 0.958. The highest BCUT2D eigenvalue weighted by atomic mass is 35.5. The predicted molar refractivity (Wildman–Crippen MR) is 125 cm³/mol. The monoisotopic (exact) mass is 485 g/mol. The molecule has 1 N–H and O–H groups in total. The van der Waals surface area contributed by atoms with E-state index in [1.54, 1.807) is 24.3 Å². The zero-order valence-electron chi connectivity index (χ0n) is 19.2. The fourth-order valence-electron chi connectivity index (χ4n) is 5.54. The number of carbonyl (C=O) groups excluding carboxylic acids is 1. The van der Waals surface area contributed by atoms with E-state index in [0.29, 0.717) is 23.7 Å². The maximum Gasteiger partial charge on any atom is 0.341 e. The van der Waals surface area contributed by atoms with Crippen molar-refractivity contribution >= 4 is 23.5 Å². The molecule has 180 valence electrons. The summed E-state index contributed by atoms with van der Waals surface area (Å²) < 4.78 is 18.4. The second kappa shape index (κ2) is 8.78. The van der Waals surface area contributed by atoms with Gasteiger partial charge in [0, 0.05) is 35.5 Å². The molecule has 0 aliphatic carbocycles. The Hall–Kier alpha value is -2.77. The highest BCUT2D eigenvalue weighted by Crippen LogP contribution is 2.53. The number of carboxylic acids is 1. The number of fused-ring (bicyclic) bond motifs is 4. The fourth-order valence-corrected chi connectivity index (χ4v) is 5.73. The summed E-state index contributed by atoms with van der Waals surface area (Å²) in [5.74, 6) is 0.164. The first-order chi connectivity index (χ1) is 16.2. The van der Waals surface area contributed by atoms with E-state index in [0.717, 1.165) is 24.2 Å². The summed E-state index contributed by atoms with van der Waals surface area (Å²) in [6, 6.07) is 12.5. The van der Waals surface area contributed by atoms with Gasteiger partial charge in [0.25, 0.3) is 5.91 Å². The first kappa shape index (κ1) is 23.0. The molecule has 3 aliphatic heterocycles. The number of hydrogen-bond donors (Lipinski definition) is 1. The van der Waals surface area contributed by atoms with Crippen molar-refractivity contribution in [3.8, 4) is 11.5 Å². The van der Waals surface area contributed by atoms with Crippen LogP contribution >= 0.6 is 11.6 Å². The summed E-state index contributed by atoms with van der Waals surface area (Å²) in [6.45, 7) is 4.82. The van der Waals surface area contributed by atoms with E-state index in [9.17, 15) is 9.59 Å². The zero-order chi connectivity index (χ0) is 24.0. The highest BCUT2D eigenvalue weighted by molar-refractivity contribution is 6.30. The maximum absolute atomic E-state index is 13.4. The van der Waals surface area contributed by atoms with Crippen molar-refractivity contribution in [2.75, 3.05) is 19.7 Å². The second-order valence-corrected chi connectivity index (χ2v) is 10.2. The Kier molecular flexibility index (Phi) is 5.94. The third kappa shape index (κ3) is 4.23. The van der Waals surface area contributed by atoms with Crippen molar-refractivity contribution in [3.63, 3.8) is 0 Å². The maximum atomic E-state index is 13.4. The van der Waals surface area contributed by atoms with Crippen LogP contribution in [0.2, 0.25) is 5.02 Å². The smallest absolute Gasteiger partial charge is 0.341 e. The summed E-state index contributed by atoms with van der Waals surface area (Å²) in [4.78, 5) is 26.1. The zero-order valence-corrected chi connectivity index (χ0v) is 20.0. The number of hydrogen-bond acceptors (Lipinski definition) is 5. The van der Waals surface area contributed by atoms with Crippen LogP contribution in [0.4, 0.5) is 0 Å². The van der Waals surface area contributed by atoms with Crippen LogP contribution in [0.3, 0.4) is 0 Å². The molecular formula is C26H28ClNO6. The molecule has 3 heterocycles. The Labute approximate surface area is 203 Å². The molecule has 0 aromatic heterocycles. The molecule has 0 bridgehead atoms. The number of carbonyl (C=O) groups is 2. The van der Waals surface area contributed by atoms with E-state index in [2.05, 4.69) is 13.8 Å². The summed E-state index contributed by atoms with van der Waals surface area (Å²) in [5, 5.41) is 9.61. The van der Waals surface area contributed by atoms with Crippen LogP contribution in [0, 0.1) is 11.8 Å². The van der Waals surface area contributed by atoms with Crippen LogP contribution in [-0.2, 0) is 9.53 Å². The number of benzene rings is 2. The molecular weight excluding hydrogens is 458 g/mol. The van der Waals surface area contributed by atoms with Crippen molar-refractivity contribution in [2.45, 2.75) is 44.5 Å². The average molecular weight is 486 g/mol. The summed E-state index contributed by atoms with van der Waals surface area (Å²) in [7, 11) is 0. The Morgan fingerprint density at radius 1 is 1.24 bits per heavy atom. The van der Waals surface area contributed by atoms with Crippen LogP contribution in [0.5, 0.6) is 11.5 Å². The standard InChI is InChI=1S/C26H28ClNO6/c1-26(2)19-11-15-13-28(25(31)17-5-3-4-6-21(17)32-14-23(29)30)10-9-20(15)33-24(19)18-12-16(27)7-8-22(18)34-26/h3-8,12,15,19-20,24H,9-11,13-14H2,1-2H3,(H,29,30)/t15-,19-,20-,24+/m1/s1. The Bertz CT molecular complexity index is 1120. The van der Waals surface area contributed by atoms with Crippen molar-refractivity contribution in [3.05, 3.63) is 58.6 Å². The van der Waals surface area contributed by atoms with E-state index in [1.807, 2.05) is 23.1 Å². The Morgan fingerprint density at radius 3 is 2.82 bits per heavy atom. The average Bonchev–Trinajstić information content (AvgIpc) is 2.81. The molecule has 1 amide bonds. The number of aliphatic carboxylic acids is 1. The minimum Gasteiger partial charge on any atom is -0.487 e. The van der Waals surface area contributed by atoms with E-state index < -0.39 is 18.2 Å². The molecule has 2 fully saturated rings. The number of likely N-dealkylation sites (tertiary alicyclic amines) is 1. The van der Waals surface area contributed by atoms with Crippen LogP contribution < -0.4 is 9.47 Å². The topological polar surface area (TPSA) is 85.3 Å². The molecule has 7 nitrogen and oxygen atoms in total. The SMILES string of the molecule is CC1(C)Oc2ccc(Cl)cc2[C@@H]2O[C@@H]3CCN(C(=O)c4ccccc4OCC(=O)O)C[C@H]3C[C@H]21. The van der Waals surface area contributed by atoms with Crippen molar-refractivity contribution in [1.82, 2.24) is 4.90 Å². The summed E-state index contributed by atoms with van der Waals surface area (Å²) in [6.07, 6.45) is 1.56. The molecule has 2 aromatic rings. The summed E-state index contributed by atoms with van der Waals surface area (Å²) >= 11 is 6.28. The fraction of sp³-hybridized carbons (Fsp3) is 0.462. The highest BCUT2D eigenvalue weighted by Gasteiger charge is 2.51. The van der Waals surface area contributed by atoms with Crippen LogP contribution in [0.25, 0.3) is 0 Å². The lowest BCUT2D eigenvalue weighted by molar-refractivity contribution is -0.184. The third-order valence-corrected chi connectivity index (χ3v) is 7.44. The van der Waals surface area contributed by atoms with Gasteiger partial charge in [-0.3, -0.25) is 4.79 Å². The molecule has 0 unspecified atom stereocenters. The molecule has 34 heavy (non-hydrogen) atoms. The van der Waals surface area contributed by atoms with Crippen molar-refractivity contribution < 1.29 is 28.9 Å². The van der Waals surface area contributed by atoms with Gasteiger partial charge in [-0.1, -0.05) is 23.7 Å². The molecule has 0 radical (unpaired) electrons. The molecule has 0 saturated carbocycles. The Balaban J connectivity index is 1.35. The van der Waals surface area contributed by atoms with Gasteiger partial charge in [-0.25, -0.2) is 4.79 Å². The first-order valence-corrected chi connectivity index (χ1v) is 12.0. The predicted octanol–water partition coefficient (Wildman–Crippen LogP) is 4.58. The number of halogens is 1. The largest absolute Gasteiger partial charge is 0.487 e. The molecule has 4 atom stereocenters. The van der Waals surface area contributed by atoms with Crippen LogP contribution in [0.1, 0.15) is 48.7 Å². The van der Waals surface area contributed by atoms with E-state index in [1.165, 1.54) is 0 Å². The molecule has 2 aromatic carbocycles. The Morgan fingerprint density at radius 2 is 2.03 bits per heavy atom. The van der Waals surface area contributed by atoms with Crippen LogP contribution in [0.15, 0.2) is 42.5 Å².